The molecule has 0 atom stereocenters. The predicted molar refractivity (Wildman–Crippen MR) is 124 cm³/mol. The van der Waals surface area contributed by atoms with Gasteiger partial charge in [-0.1, -0.05) is 60.7 Å². The van der Waals surface area contributed by atoms with E-state index < -0.39 is 0 Å². The van der Waals surface area contributed by atoms with Gasteiger partial charge in [-0.25, -0.2) is 15.0 Å². The fraction of sp³-hybridized carbons (Fsp3) is 0.120. The minimum Gasteiger partial charge on any atom is -0.294 e. The SMILES string of the molecule is Cc1nc(Nc2nc(C)c3ccccc3n2)[nH]c(=O)c1Cc1cccc2ccccc12. The van der Waals surface area contributed by atoms with Crippen LogP contribution < -0.4 is 10.9 Å². The van der Waals surface area contributed by atoms with Crippen LogP contribution in [0.25, 0.3) is 21.7 Å². The summed E-state index contributed by atoms with van der Waals surface area (Å²) in [5.41, 5.74) is 3.96. The zero-order valence-corrected chi connectivity index (χ0v) is 17.3. The molecular weight excluding hydrogens is 386 g/mol. The van der Waals surface area contributed by atoms with Crippen molar-refractivity contribution in [3.63, 3.8) is 0 Å². The van der Waals surface area contributed by atoms with Gasteiger partial charge in [-0.2, -0.15) is 0 Å². The largest absolute Gasteiger partial charge is 0.294 e. The average Bonchev–Trinajstić information content (AvgIpc) is 2.76. The molecule has 0 bridgehead atoms. The Hall–Kier alpha value is -4.06. The van der Waals surface area contributed by atoms with Gasteiger partial charge in [-0.05, 0) is 36.2 Å². The van der Waals surface area contributed by atoms with Crippen LogP contribution in [0.2, 0.25) is 0 Å². The maximum Gasteiger partial charge on any atom is 0.256 e. The maximum absolute atomic E-state index is 12.9. The Morgan fingerprint density at radius 3 is 2.39 bits per heavy atom. The molecular formula is C25H21N5O. The van der Waals surface area contributed by atoms with E-state index in [1.54, 1.807) is 0 Å². The first-order valence-corrected chi connectivity index (χ1v) is 10.2. The van der Waals surface area contributed by atoms with Crippen molar-refractivity contribution < 1.29 is 0 Å². The number of aromatic nitrogens is 4. The van der Waals surface area contributed by atoms with Crippen molar-refractivity contribution in [2.24, 2.45) is 0 Å². The van der Waals surface area contributed by atoms with Gasteiger partial charge in [-0.3, -0.25) is 15.1 Å². The van der Waals surface area contributed by atoms with Gasteiger partial charge in [0.2, 0.25) is 11.9 Å². The Labute approximate surface area is 179 Å². The van der Waals surface area contributed by atoms with Crippen LogP contribution in [0.3, 0.4) is 0 Å². The summed E-state index contributed by atoms with van der Waals surface area (Å²) < 4.78 is 0. The number of benzene rings is 3. The van der Waals surface area contributed by atoms with Gasteiger partial charge in [0.05, 0.1) is 16.9 Å². The Bertz CT molecular complexity index is 1480. The van der Waals surface area contributed by atoms with E-state index >= 15 is 0 Å². The van der Waals surface area contributed by atoms with Crippen molar-refractivity contribution in [2.45, 2.75) is 20.3 Å². The second-order valence-corrected chi connectivity index (χ2v) is 7.57. The van der Waals surface area contributed by atoms with Crippen LogP contribution in [0.5, 0.6) is 0 Å². The number of H-pyrrole nitrogens is 1. The molecule has 0 aliphatic carbocycles. The molecule has 0 unspecified atom stereocenters. The zero-order chi connectivity index (χ0) is 21.4. The summed E-state index contributed by atoms with van der Waals surface area (Å²) in [6.07, 6.45) is 0.515. The van der Waals surface area contributed by atoms with E-state index in [0.29, 0.717) is 29.6 Å². The summed E-state index contributed by atoms with van der Waals surface area (Å²) in [6.45, 7) is 3.79. The van der Waals surface area contributed by atoms with Gasteiger partial charge >= 0.3 is 0 Å². The lowest BCUT2D eigenvalue weighted by molar-refractivity contribution is 0.981. The van der Waals surface area contributed by atoms with Gasteiger partial charge in [0.25, 0.3) is 5.56 Å². The molecule has 2 aromatic heterocycles. The summed E-state index contributed by atoms with van der Waals surface area (Å²) in [4.78, 5) is 29.3. The molecule has 5 aromatic rings. The van der Waals surface area contributed by atoms with Crippen LogP contribution in [-0.2, 0) is 6.42 Å². The van der Waals surface area contributed by atoms with E-state index in [1.165, 1.54) is 0 Å². The lowest BCUT2D eigenvalue weighted by Gasteiger charge is -2.11. The molecule has 31 heavy (non-hydrogen) atoms. The molecule has 0 saturated heterocycles. The van der Waals surface area contributed by atoms with E-state index in [0.717, 1.165) is 32.9 Å². The zero-order valence-electron chi connectivity index (χ0n) is 17.3. The summed E-state index contributed by atoms with van der Waals surface area (Å²) in [7, 11) is 0. The van der Waals surface area contributed by atoms with Crippen LogP contribution in [0.15, 0.2) is 71.5 Å². The molecule has 6 heteroatoms. The number of nitrogens with zero attached hydrogens (tertiary/aromatic N) is 3. The smallest absolute Gasteiger partial charge is 0.256 e. The van der Waals surface area contributed by atoms with Crippen LogP contribution in [0, 0.1) is 13.8 Å². The molecule has 0 amide bonds. The first-order valence-electron chi connectivity index (χ1n) is 10.2. The molecule has 152 valence electrons. The fourth-order valence-electron chi connectivity index (χ4n) is 3.91. The van der Waals surface area contributed by atoms with Crippen molar-refractivity contribution in [3.8, 4) is 0 Å². The predicted octanol–water partition coefficient (Wildman–Crippen LogP) is 4.82. The van der Waals surface area contributed by atoms with E-state index in [2.05, 4.69) is 49.5 Å². The highest BCUT2D eigenvalue weighted by molar-refractivity contribution is 5.86. The minimum absolute atomic E-state index is 0.166. The number of para-hydroxylation sites is 1. The number of anilines is 2. The topological polar surface area (TPSA) is 83.6 Å². The monoisotopic (exact) mass is 407 g/mol. The Balaban J connectivity index is 1.48. The van der Waals surface area contributed by atoms with Crippen molar-refractivity contribution in [1.82, 2.24) is 19.9 Å². The van der Waals surface area contributed by atoms with Crippen molar-refractivity contribution >= 4 is 33.6 Å². The number of hydrogen-bond acceptors (Lipinski definition) is 5. The van der Waals surface area contributed by atoms with Crippen LogP contribution in [0.1, 0.15) is 22.5 Å². The second kappa shape index (κ2) is 7.65. The molecule has 3 aromatic carbocycles. The van der Waals surface area contributed by atoms with Crippen LogP contribution in [0.4, 0.5) is 11.9 Å². The van der Waals surface area contributed by atoms with Crippen molar-refractivity contribution in [3.05, 3.63) is 99.6 Å². The molecule has 0 aliphatic rings. The Morgan fingerprint density at radius 1 is 0.806 bits per heavy atom. The average molecular weight is 407 g/mol. The van der Waals surface area contributed by atoms with E-state index in [-0.39, 0.29) is 5.56 Å². The molecule has 2 heterocycles. The third-order valence-electron chi connectivity index (χ3n) is 5.49. The molecule has 0 radical (unpaired) electrons. The maximum atomic E-state index is 12.9. The normalized spacial score (nSPS) is 11.2. The van der Waals surface area contributed by atoms with Gasteiger partial charge in [0.15, 0.2) is 0 Å². The molecule has 0 spiro atoms. The number of hydrogen-bond donors (Lipinski definition) is 2. The quantitative estimate of drug-likeness (QED) is 0.446. The van der Waals surface area contributed by atoms with E-state index in [4.69, 9.17) is 0 Å². The van der Waals surface area contributed by atoms with Crippen molar-refractivity contribution in [2.75, 3.05) is 5.32 Å². The van der Waals surface area contributed by atoms with E-state index in [1.807, 2.05) is 56.3 Å². The number of nitrogens with one attached hydrogen (secondary N) is 2. The molecule has 0 fully saturated rings. The number of rotatable bonds is 4. The summed E-state index contributed by atoms with van der Waals surface area (Å²) in [5.74, 6) is 0.736. The van der Waals surface area contributed by atoms with Gasteiger partial charge in [-0.15, -0.1) is 0 Å². The summed E-state index contributed by atoms with van der Waals surface area (Å²) >= 11 is 0. The molecule has 6 nitrogen and oxygen atoms in total. The molecule has 0 aliphatic heterocycles. The molecule has 0 saturated carbocycles. The third-order valence-corrected chi connectivity index (χ3v) is 5.49. The lowest BCUT2D eigenvalue weighted by Crippen LogP contribution is -2.19. The van der Waals surface area contributed by atoms with Gasteiger partial charge in [0, 0.05) is 17.4 Å². The van der Waals surface area contributed by atoms with E-state index in [9.17, 15) is 4.79 Å². The highest BCUT2D eigenvalue weighted by Gasteiger charge is 2.12. The lowest BCUT2D eigenvalue weighted by atomic mass is 9.98. The van der Waals surface area contributed by atoms with Gasteiger partial charge < -0.3 is 0 Å². The molecule has 5 rings (SSSR count). The summed E-state index contributed by atoms with van der Waals surface area (Å²) in [5, 5.41) is 6.35. The minimum atomic E-state index is -0.166. The van der Waals surface area contributed by atoms with Gasteiger partial charge in [0.1, 0.15) is 0 Å². The number of aryl methyl sites for hydroxylation is 2. The molecule has 2 N–H and O–H groups in total. The third kappa shape index (κ3) is 3.64. The summed E-state index contributed by atoms with van der Waals surface area (Å²) in [6, 6.07) is 22.2. The first-order chi connectivity index (χ1) is 15.1. The standard InChI is InChI=1S/C25H21N5O/c1-15-19-11-5-6-13-22(19)28-24(26-15)30-25-27-16(2)21(23(31)29-25)14-18-10-7-9-17-8-3-4-12-20(17)18/h3-13H,14H2,1-2H3,(H2,26,27,28,29,30,31). The second-order valence-electron chi connectivity index (χ2n) is 7.57. The number of aromatic amines is 1. The highest BCUT2D eigenvalue weighted by atomic mass is 16.1. The highest BCUT2D eigenvalue weighted by Crippen LogP contribution is 2.22. The Morgan fingerprint density at radius 2 is 1.55 bits per heavy atom. The van der Waals surface area contributed by atoms with Crippen LogP contribution in [-0.4, -0.2) is 19.9 Å². The number of fused-ring (bicyclic) bond motifs is 2. The van der Waals surface area contributed by atoms with Crippen molar-refractivity contribution in [1.29, 1.82) is 0 Å². The first kappa shape index (κ1) is 18.9. The Kier molecular flexibility index (Phi) is 4.67. The fourth-order valence-corrected chi connectivity index (χ4v) is 3.91. The van der Waals surface area contributed by atoms with Crippen LogP contribution >= 0.6 is 0 Å².